The molecule has 0 unspecified atom stereocenters. The Morgan fingerprint density at radius 3 is 2.27 bits per heavy atom. The van der Waals surface area contributed by atoms with Crippen molar-refractivity contribution in [3.63, 3.8) is 0 Å². The Morgan fingerprint density at radius 2 is 1.63 bits per heavy atom. The molecule has 0 N–H and O–H groups in total. The largest absolute Gasteiger partial charge is 0.364 e. The van der Waals surface area contributed by atoms with E-state index in [-0.39, 0.29) is 11.6 Å². The van der Waals surface area contributed by atoms with E-state index in [2.05, 4.69) is 11.8 Å². The summed E-state index contributed by atoms with van der Waals surface area (Å²) in [6.45, 7) is 10.1. The summed E-state index contributed by atoms with van der Waals surface area (Å²) >= 11 is 0. The fourth-order valence-electron chi connectivity index (χ4n) is 4.11. The van der Waals surface area contributed by atoms with Gasteiger partial charge in [0.15, 0.2) is 0 Å². The number of nitrogens with zero attached hydrogens (tertiary/aromatic N) is 3. The SMILES string of the molecule is CCN1CCN(C2=C(c3ccc(C)c(C)c3)C(=O)N(c3cccc(F)c3)C2=O)CC1. The first-order valence-electron chi connectivity index (χ1n) is 10.3. The molecule has 4 rings (SSSR count). The Kier molecular flexibility index (Phi) is 5.43. The third-order valence-corrected chi connectivity index (χ3v) is 6.06. The zero-order chi connectivity index (χ0) is 21.4. The molecule has 2 heterocycles. The van der Waals surface area contributed by atoms with E-state index in [1.54, 1.807) is 6.07 Å². The molecule has 6 heteroatoms. The lowest BCUT2D eigenvalue weighted by molar-refractivity contribution is -0.120. The minimum atomic E-state index is -0.481. The van der Waals surface area contributed by atoms with Crippen LogP contribution < -0.4 is 4.90 Å². The normalized spacial score (nSPS) is 18.0. The Labute approximate surface area is 176 Å². The van der Waals surface area contributed by atoms with Crippen LogP contribution in [-0.2, 0) is 9.59 Å². The molecule has 0 aliphatic carbocycles. The molecule has 2 aliphatic rings. The lowest BCUT2D eigenvalue weighted by Gasteiger charge is -2.36. The van der Waals surface area contributed by atoms with Crippen molar-refractivity contribution in [3.8, 4) is 0 Å². The first-order chi connectivity index (χ1) is 14.4. The Morgan fingerprint density at radius 1 is 0.900 bits per heavy atom. The van der Waals surface area contributed by atoms with Crippen LogP contribution in [0.25, 0.3) is 5.57 Å². The van der Waals surface area contributed by atoms with Crippen molar-refractivity contribution in [2.24, 2.45) is 0 Å². The van der Waals surface area contributed by atoms with E-state index in [4.69, 9.17) is 0 Å². The van der Waals surface area contributed by atoms with Crippen LogP contribution in [0.15, 0.2) is 48.2 Å². The van der Waals surface area contributed by atoms with Crippen molar-refractivity contribution in [1.29, 1.82) is 0 Å². The van der Waals surface area contributed by atoms with E-state index in [9.17, 15) is 14.0 Å². The van der Waals surface area contributed by atoms with E-state index < -0.39 is 11.7 Å². The van der Waals surface area contributed by atoms with Gasteiger partial charge in [0.05, 0.1) is 11.3 Å². The van der Waals surface area contributed by atoms with Crippen LogP contribution in [0, 0.1) is 19.7 Å². The van der Waals surface area contributed by atoms with Gasteiger partial charge in [-0.2, -0.15) is 0 Å². The minimum Gasteiger partial charge on any atom is -0.364 e. The highest BCUT2D eigenvalue weighted by molar-refractivity contribution is 6.45. The standard InChI is InChI=1S/C24H26FN3O2/c1-4-26-10-12-27(13-11-26)22-21(18-9-8-16(2)17(3)14-18)23(29)28(24(22)30)20-7-5-6-19(25)15-20/h5-9,14-15H,4,10-13H2,1-3H3. The molecule has 2 aromatic carbocycles. The van der Waals surface area contributed by atoms with E-state index in [0.717, 1.165) is 41.2 Å². The fourth-order valence-corrected chi connectivity index (χ4v) is 4.11. The Bertz CT molecular complexity index is 1040. The Balaban J connectivity index is 1.80. The molecule has 5 nitrogen and oxygen atoms in total. The lowest BCUT2D eigenvalue weighted by Crippen LogP contribution is -2.47. The molecule has 1 saturated heterocycles. The van der Waals surface area contributed by atoms with Crippen LogP contribution in [0.4, 0.5) is 10.1 Å². The number of likely N-dealkylation sites (N-methyl/N-ethyl adjacent to an activating group) is 1. The number of halogens is 1. The number of benzene rings is 2. The number of aryl methyl sites for hydroxylation is 2. The maximum Gasteiger partial charge on any atom is 0.282 e. The number of rotatable bonds is 4. The molecule has 0 atom stereocenters. The van der Waals surface area contributed by atoms with Crippen molar-refractivity contribution in [2.75, 3.05) is 37.6 Å². The highest BCUT2D eigenvalue weighted by atomic mass is 19.1. The minimum absolute atomic E-state index is 0.258. The smallest absolute Gasteiger partial charge is 0.282 e. The van der Waals surface area contributed by atoms with E-state index in [1.807, 2.05) is 36.9 Å². The summed E-state index contributed by atoms with van der Waals surface area (Å²) in [5, 5.41) is 0. The number of imide groups is 1. The quantitative estimate of drug-likeness (QED) is 0.729. The van der Waals surface area contributed by atoms with Gasteiger partial charge in [-0.3, -0.25) is 9.59 Å². The highest BCUT2D eigenvalue weighted by Crippen LogP contribution is 2.35. The van der Waals surface area contributed by atoms with Gasteiger partial charge >= 0.3 is 0 Å². The second-order valence-corrected chi connectivity index (χ2v) is 7.87. The van der Waals surface area contributed by atoms with Crippen molar-refractivity contribution in [3.05, 3.63) is 70.7 Å². The molecule has 2 aromatic rings. The molecule has 2 aliphatic heterocycles. The zero-order valence-electron chi connectivity index (χ0n) is 17.6. The first-order valence-corrected chi connectivity index (χ1v) is 10.3. The highest BCUT2D eigenvalue weighted by Gasteiger charge is 2.43. The number of anilines is 1. The zero-order valence-corrected chi connectivity index (χ0v) is 17.6. The molecule has 0 radical (unpaired) electrons. The third kappa shape index (κ3) is 3.52. The van der Waals surface area contributed by atoms with Crippen LogP contribution in [0.1, 0.15) is 23.6 Å². The first kappa shape index (κ1) is 20.3. The molecule has 156 valence electrons. The van der Waals surface area contributed by atoms with Crippen LogP contribution in [0.5, 0.6) is 0 Å². The van der Waals surface area contributed by atoms with Gasteiger partial charge in [0, 0.05) is 26.2 Å². The van der Waals surface area contributed by atoms with Crippen molar-refractivity contribution in [2.45, 2.75) is 20.8 Å². The van der Waals surface area contributed by atoms with Crippen LogP contribution in [0.3, 0.4) is 0 Å². The third-order valence-electron chi connectivity index (χ3n) is 6.06. The topological polar surface area (TPSA) is 43.9 Å². The Hall–Kier alpha value is -2.99. The number of carbonyl (C=O) groups excluding carboxylic acids is 2. The predicted octanol–water partition coefficient (Wildman–Crippen LogP) is 3.36. The van der Waals surface area contributed by atoms with E-state index in [0.29, 0.717) is 24.4 Å². The number of amides is 2. The number of carbonyl (C=O) groups is 2. The van der Waals surface area contributed by atoms with Crippen LogP contribution in [-0.4, -0.2) is 54.3 Å². The van der Waals surface area contributed by atoms with Gasteiger partial charge in [0.1, 0.15) is 11.5 Å². The van der Waals surface area contributed by atoms with Gasteiger partial charge in [0.25, 0.3) is 11.8 Å². The van der Waals surface area contributed by atoms with Gasteiger partial charge in [-0.15, -0.1) is 0 Å². The number of hydrogen-bond donors (Lipinski definition) is 0. The summed E-state index contributed by atoms with van der Waals surface area (Å²) in [6, 6.07) is 11.4. The molecule has 1 fully saturated rings. The summed E-state index contributed by atoms with van der Waals surface area (Å²) in [4.78, 5) is 32.4. The van der Waals surface area contributed by atoms with Gasteiger partial charge < -0.3 is 9.80 Å². The predicted molar refractivity (Wildman–Crippen MR) is 115 cm³/mol. The fraction of sp³-hybridized carbons (Fsp3) is 0.333. The maximum absolute atomic E-state index is 13.8. The van der Waals surface area contributed by atoms with Crippen LogP contribution >= 0.6 is 0 Å². The second-order valence-electron chi connectivity index (χ2n) is 7.87. The summed E-state index contributed by atoms with van der Waals surface area (Å²) in [6.07, 6.45) is 0. The monoisotopic (exact) mass is 407 g/mol. The molecule has 2 amide bonds. The molecule has 0 saturated carbocycles. The molecule has 30 heavy (non-hydrogen) atoms. The van der Waals surface area contributed by atoms with Crippen molar-refractivity contribution >= 4 is 23.1 Å². The van der Waals surface area contributed by atoms with Crippen molar-refractivity contribution < 1.29 is 14.0 Å². The number of hydrogen-bond acceptors (Lipinski definition) is 4. The van der Waals surface area contributed by atoms with Gasteiger partial charge in [-0.25, -0.2) is 9.29 Å². The van der Waals surface area contributed by atoms with Crippen LogP contribution in [0.2, 0.25) is 0 Å². The summed E-state index contributed by atoms with van der Waals surface area (Å²) in [7, 11) is 0. The van der Waals surface area contributed by atoms with E-state index in [1.165, 1.54) is 18.2 Å². The van der Waals surface area contributed by atoms with Gasteiger partial charge in [-0.05, 0) is 55.3 Å². The van der Waals surface area contributed by atoms with Gasteiger partial charge in [0.2, 0.25) is 0 Å². The lowest BCUT2D eigenvalue weighted by atomic mass is 9.99. The molecular weight excluding hydrogens is 381 g/mol. The van der Waals surface area contributed by atoms with E-state index >= 15 is 0 Å². The molecular formula is C24H26FN3O2. The average Bonchev–Trinajstić information content (AvgIpc) is 3.00. The van der Waals surface area contributed by atoms with Crippen molar-refractivity contribution in [1.82, 2.24) is 9.80 Å². The molecule has 0 aromatic heterocycles. The second kappa shape index (κ2) is 8.03. The average molecular weight is 407 g/mol. The summed E-state index contributed by atoms with van der Waals surface area (Å²) in [5.74, 6) is -1.27. The van der Waals surface area contributed by atoms with Gasteiger partial charge in [-0.1, -0.05) is 31.2 Å². The molecule has 0 bridgehead atoms. The summed E-state index contributed by atoms with van der Waals surface area (Å²) < 4.78 is 13.8. The molecule has 0 spiro atoms. The number of piperazine rings is 1. The maximum atomic E-state index is 13.8. The summed E-state index contributed by atoms with van der Waals surface area (Å²) in [5.41, 5.74) is 3.98.